The van der Waals surface area contributed by atoms with E-state index in [0.29, 0.717) is 28.9 Å². The molecule has 1 amide bonds. The molecule has 7 heteroatoms. The molecule has 1 unspecified atom stereocenters. The molecule has 0 saturated heterocycles. The van der Waals surface area contributed by atoms with Gasteiger partial charge in [-0.1, -0.05) is 29.3 Å². The summed E-state index contributed by atoms with van der Waals surface area (Å²) in [7, 11) is 1.58. The fourth-order valence-electron chi connectivity index (χ4n) is 1.98. The zero-order valence-corrected chi connectivity index (χ0v) is 15.7. The zero-order chi connectivity index (χ0) is 17.5. The van der Waals surface area contributed by atoms with Crippen molar-refractivity contribution in [3.05, 3.63) is 52.1 Å². The highest BCUT2D eigenvalue weighted by atomic mass is 35.5. The average molecular weight is 385 g/mol. The van der Waals surface area contributed by atoms with E-state index < -0.39 is 0 Å². The average Bonchev–Trinajstić information content (AvgIpc) is 2.58. The predicted octanol–water partition coefficient (Wildman–Crippen LogP) is 4.24. The van der Waals surface area contributed by atoms with Crippen molar-refractivity contribution in [1.82, 2.24) is 10.3 Å². The second-order valence-electron chi connectivity index (χ2n) is 5.05. The number of amides is 1. The molecule has 1 heterocycles. The van der Waals surface area contributed by atoms with Crippen LogP contribution in [0.25, 0.3) is 0 Å². The van der Waals surface area contributed by atoms with Gasteiger partial charge in [0.05, 0.1) is 17.4 Å². The van der Waals surface area contributed by atoms with Gasteiger partial charge in [-0.05, 0) is 31.2 Å². The number of ether oxygens (including phenoxy) is 1. The Morgan fingerprint density at radius 1 is 1.33 bits per heavy atom. The number of aromatic nitrogens is 1. The molecule has 4 nitrogen and oxygen atoms in total. The van der Waals surface area contributed by atoms with Crippen molar-refractivity contribution < 1.29 is 9.53 Å². The minimum atomic E-state index is -0.278. The van der Waals surface area contributed by atoms with Crippen LogP contribution in [-0.2, 0) is 11.2 Å². The number of pyridine rings is 1. The normalized spacial score (nSPS) is 11.8. The van der Waals surface area contributed by atoms with E-state index >= 15 is 0 Å². The number of nitrogens with one attached hydrogen (secondary N) is 1. The number of benzene rings is 1. The minimum Gasteiger partial charge on any atom is -0.481 e. The third-order valence-corrected chi connectivity index (χ3v) is 5.07. The number of carbonyl (C=O) groups excluding carboxylic acids is 1. The maximum Gasteiger partial charge on any atom is 0.233 e. The lowest BCUT2D eigenvalue weighted by Gasteiger charge is -2.13. The van der Waals surface area contributed by atoms with E-state index in [1.807, 2.05) is 19.1 Å². The standard InChI is InChI=1S/C17H18Cl2N2O2S/c1-11(24-15-10-12(18)6-7-14(15)19)17(22)20-9-8-13-4-3-5-16(21-13)23-2/h3-7,10-11H,8-9H2,1-2H3,(H,20,22). The Labute approximate surface area is 155 Å². The first-order chi connectivity index (χ1) is 11.5. The van der Waals surface area contributed by atoms with Gasteiger partial charge in [-0.3, -0.25) is 4.79 Å². The summed E-state index contributed by atoms with van der Waals surface area (Å²) in [5.41, 5.74) is 0.868. The van der Waals surface area contributed by atoms with Crippen LogP contribution < -0.4 is 10.1 Å². The van der Waals surface area contributed by atoms with Gasteiger partial charge in [-0.25, -0.2) is 4.98 Å². The maximum atomic E-state index is 12.2. The van der Waals surface area contributed by atoms with Crippen LogP contribution in [0.2, 0.25) is 10.0 Å². The number of carbonyl (C=O) groups is 1. The van der Waals surface area contributed by atoms with Crippen LogP contribution in [-0.4, -0.2) is 29.8 Å². The molecule has 24 heavy (non-hydrogen) atoms. The number of nitrogens with zero attached hydrogens (tertiary/aromatic N) is 1. The molecule has 0 fully saturated rings. The van der Waals surface area contributed by atoms with Crippen LogP contribution in [0.4, 0.5) is 0 Å². The number of thioether (sulfide) groups is 1. The summed E-state index contributed by atoms with van der Waals surface area (Å²) >= 11 is 13.5. The summed E-state index contributed by atoms with van der Waals surface area (Å²) in [6.45, 7) is 2.34. The molecule has 1 atom stereocenters. The van der Waals surface area contributed by atoms with Gasteiger partial charge < -0.3 is 10.1 Å². The summed E-state index contributed by atoms with van der Waals surface area (Å²) in [5, 5.41) is 3.81. The summed E-state index contributed by atoms with van der Waals surface area (Å²) < 4.78 is 5.08. The first-order valence-corrected chi connectivity index (χ1v) is 9.02. The maximum absolute atomic E-state index is 12.2. The van der Waals surface area contributed by atoms with Gasteiger partial charge >= 0.3 is 0 Å². The lowest BCUT2D eigenvalue weighted by Crippen LogP contribution is -2.32. The largest absolute Gasteiger partial charge is 0.481 e. The summed E-state index contributed by atoms with van der Waals surface area (Å²) in [6.07, 6.45) is 0.637. The van der Waals surface area contributed by atoms with E-state index in [9.17, 15) is 4.79 Å². The molecule has 1 aromatic carbocycles. The van der Waals surface area contributed by atoms with Crippen LogP contribution in [0.15, 0.2) is 41.3 Å². The number of halogens is 2. The number of hydrogen-bond donors (Lipinski definition) is 1. The quantitative estimate of drug-likeness (QED) is 0.725. The van der Waals surface area contributed by atoms with Crippen molar-refractivity contribution in [1.29, 1.82) is 0 Å². The Balaban J connectivity index is 1.84. The molecular weight excluding hydrogens is 367 g/mol. The van der Waals surface area contributed by atoms with Crippen molar-refractivity contribution in [2.24, 2.45) is 0 Å². The van der Waals surface area contributed by atoms with E-state index in [-0.39, 0.29) is 11.2 Å². The first-order valence-electron chi connectivity index (χ1n) is 7.39. The van der Waals surface area contributed by atoms with E-state index in [2.05, 4.69) is 10.3 Å². The summed E-state index contributed by atoms with van der Waals surface area (Å²) in [5.74, 6) is 0.511. The number of methoxy groups -OCH3 is 1. The third-order valence-electron chi connectivity index (χ3n) is 3.24. The van der Waals surface area contributed by atoms with Crippen LogP contribution >= 0.6 is 35.0 Å². The molecule has 0 aliphatic rings. The number of rotatable bonds is 7. The third kappa shape index (κ3) is 5.58. The second-order valence-corrected chi connectivity index (χ2v) is 7.27. The smallest absolute Gasteiger partial charge is 0.233 e. The van der Waals surface area contributed by atoms with E-state index in [4.69, 9.17) is 27.9 Å². The van der Waals surface area contributed by atoms with Gasteiger partial charge in [0.2, 0.25) is 11.8 Å². The molecule has 2 rings (SSSR count). The van der Waals surface area contributed by atoms with Crippen LogP contribution in [0.1, 0.15) is 12.6 Å². The SMILES string of the molecule is COc1cccc(CCNC(=O)C(C)Sc2cc(Cl)ccc2Cl)n1. The van der Waals surface area contributed by atoms with Gasteiger partial charge in [0.15, 0.2) is 0 Å². The van der Waals surface area contributed by atoms with Crippen LogP contribution in [0.3, 0.4) is 0 Å². The molecule has 0 radical (unpaired) electrons. The Kier molecular flexibility index (Phi) is 7.21. The Hall–Kier alpha value is -1.43. The van der Waals surface area contributed by atoms with E-state index in [0.717, 1.165) is 10.6 Å². The van der Waals surface area contributed by atoms with Crippen molar-refractivity contribution >= 4 is 40.9 Å². The molecule has 0 spiro atoms. The fraction of sp³-hybridized carbons (Fsp3) is 0.294. The zero-order valence-electron chi connectivity index (χ0n) is 13.4. The molecule has 0 aliphatic heterocycles. The predicted molar refractivity (Wildman–Crippen MR) is 99.3 cm³/mol. The molecule has 0 saturated carbocycles. The van der Waals surface area contributed by atoms with Crippen molar-refractivity contribution in [2.45, 2.75) is 23.5 Å². The van der Waals surface area contributed by atoms with Crippen molar-refractivity contribution in [3.63, 3.8) is 0 Å². The Morgan fingerprint density at radius 3 is 2.88 bits per heavy atom. The number of hydrogen-bond acceptors (Lipinski definition) is 4. The van der Waals surface area contributed by atoms with E-state index in [1.165, 1.54) is 11.8 Å². The molecule has 2 aromatic rings. The molecule has 128 valence electrons. The monoisotopic (exact) mass is 384 g/mol. The minimum absolute atomic E-state index is 0.0565. The summed E-state index contributed by atoms with van der Waals surface area (Å²) in [4.78, 5) is 17.3. The van der Waals surface area contributed by atoms with Gasteiger partial charge in [-0.2, -0.15) is 0 Å². The topological polar surface area (TPSA) is 51.2 Å². The Morgan fingerprint density at radius 2 is 2.12 bits per heavy atom. The highest BCUT2D eigenvalue weighted by Crippen LogP contribution is 2.32. The molecular formula is C17H18Cl2N2O2S. The highest BCUT2D eigenvalue weighted by molar-refractivity contribution is 8.00. The first kappa shape index (κ1) is 18.9. The van der Waals surface area contributed by atoms with E-state index in [1.54, 1.807) is 31.4 Å². The van der Waals surface area contributed by atoms with Crippen molar-refractivity contribution in [2.75, 3.05) is 13.7 Å². The lowest BCUT2D eigenvalue weighted by atomic mass is 10.2. The molecule has 0 bridgehead atoms. The van der Waals surface area contributed by atoms with Gasteiger partial charge in [0, 0.05) is 34.6 Å². The lowest BCUT2D eigenvalue weighted by molar-refractivity contribution is -0.120. The van der Waals surface area contributed by atoms with Crippen molar-refractivity contribution in [3.8, 4) is 5.88 Å². The van der Waals surface area contributed by atoms with Gasteiger partial charge in [0.25, 0.3) is 0 Å². The Bertz CT molecular complexity index is 713. The van der Waals surface area contributed by atoms with Crippen LogP contribution in [0.5, 0.6) is 5.88 Å². The molecule has 1 N–H and O–H groups in total. The highest BCUT2D eigenvalue weighted by Gasteiger charge is 2.16. The van der Waals surface area contributed by atoms with Crippen LogP contribution in [0, 0.1) is 0 Å². The van der Waals surface area contributed by atoms with Gasteiger partial charge in [-0.15, -0.1) is 11.8 Å². The summed E-state index contributed by atoms with van der Waals surface area (Å²) in [6, 6.07) is 10.8. The fourth-order valence-corrected chi connectivity index (χ4v) is 3.41. The molecule has 0 aliphatic carbocycles. The molecule has 1 aromatic heterocycles. The van der Waals surface area contributed by atoms with Gasteiger partial charge in [0.1, 0.15) is 0 Å². The second kappa shape index (κ2) is 9.16.